The van der Waals surface area contributed by atoms with Crippen LogP contribution in [0.15, 0.2) is 18.2 Å². The number of phenols is 1. The van der Waals surface area contributed by atoms with Crippen LogP contribution in [0, 0.1) is 0 Å². The van der Waals surface area contributed by atoms with E-state index in [1.807, 2.05) is 0 Å². The number of benzene rings is 1. The van der Waals surface area contributed by atoms with Crippen LogP contribution in [0.2, 0.25) is 0 Å². The predicted molar refractivity (Wildman–Crippen MR) is 92.1 cm³/mol. The van der Waals surface area contributed by atoms with Crippen molar-refractivity contribution in [3.8, 4) is 5.75 Å². The molecule has 0 fully saturated rings. The van der Waals surface area contributed by atoms with Gasteiger partial charge in [0.2, 0.25) is 0 Å². The van der Waals surface area contributed by atoms with Crippen molar-refractivity contribution in [1.29, 1.82) is 0 Å². The molecule has 134 valence electrons. The minimum absolute atomic E-state index is 0.0158. The molecule has 0 aliphatic rings. The van der Waals surface area contributed by atoms with Crippen LogP contribution in [0.25, 0.3) is 0 Å². The van der Waals surface area contributed by atoms with Crippen molar-refractivity contribution in [3.05, 3.63) is 23.8 Å². The molecule has 6 nitrogen and oxygen atoms in total. The molecule has 0 aromatic heterocycles. The topological polar surface area (TPSA) is 84.9 Å². The summed E-state index contributed by atoms with van der Waals surface area (Å²) >= 11 is 0. The molecule has 2 N–H and O–H groups in total. The van der Waals surface area contributed by atoms with Crippen LogP contribution in [0.3, 0.4) is 0 Å². The van der Waals surface area contributed by atoms with Gasteiger partial charge in [-0.25, -0.2) is 4.79 Å². The standard InChI is InChI=1S/C18H27NO5/c1-17(2,3)23-15(21)10-8-12-7-9-13(20)11-14(12)19-16(22)24-18(4,5)6/h7,9,11,20H,8,10H2,1-6H3,(H,19,22). The summed E-state index contributed by atoms with van der Waals surface area (Å²) in [7, 11) is 0. The van der Waals surface area contributed by atoms with Gasteiger partial charge in [-0.2, -0.15) is 0 Å². The van der Waals surface area contributed by atoms with Crippen LogP contribution < -0.4 is 5.32 Å². The first-order chi connectivity index (χ1) is 10.9. The summed E-state index contributed by atoms with van der Waals surface area (Å²) < 4.78 is 10.5. The molecule has 0 atom stereocenters. The van der Waals surface area contributed by atoms with E-state index in [1.54, 1.807) is 47.6 Å². The lowest BCUT2D eigenvalue weighted by atomic mass is 10.1. The molecule has 1 aromatic rings. The zero-order chi connectivity index (χ0) is 18.5. The summed E-state index contributed by atoms with van der Waals surface area (Å²) in [5, 5.41) is 12.2. The van der Waals surface area contributed by atoms with Gasteiger partial charge in [-0.3, -0.25) is 10.1 Å². The molecule has 0 saturated heterocycles. The summed E-state index contributed by atoms with van der Waals surface area (Å²) in [6, 6.07) is 4.59. The molecule has 0 aliphatic heterocycles. The van der Waals surface area contributed by atoms with Gasteiger partial charge in [-0.15, -0.1) is 0 Å². The molecule has 1 aromatic carbocycles. The average molecular weight is 337 g/mol. The largest absolute Gasteiger partial charge is 0.508 e. The Balaban J connectivity index is 2.78. The lowest BCUT2D eigenvalue weighted by molar-refractivity contribution is -0.154. The Morgan fingerprint density at radius 3 is 2.17 bits per heavy atom. The molecule has 0 bridgehead atoms. The minimum atomic E-state index is -0.627. The fourth-order valence-electron chi connectivity index (χ4n) is 1.94. The third kappa shape index (κ3) is 7.85. The smallest absolute Gasteiger partial charge is 0.412 e. The number of anilines is 1. The number of amides is 1. The van der Waals surface area contributed by atoms with Crippen LogP contribution in [-0.4, -0.2) is 28.4 Å². The van der Waals surface area contributed by atoms with Gasteiger partial charge in [-0.1, -0.05) is 6.07 Å². The van der Waals surface area contributed by atoms with E-state index < -0.39 is 17.3 Å². The number of phenolic OH excluding ortho intramolecular Hbond substituents is 1. The predicted octanol–water partition coefficient (Wildman–Crippen LogP) is 4.01. The average Bonchev–Trinajstić information content (AvgIpc) is 2.33. The van der Waals surface area contributed by atoms with Crippen LogP contribution in [-0.2, 0) is 20.7 Å². The van der Waals surface area contributed by atoms with E-state index in [9.17, 15) is 14.7 Å². The zero-order valence-electron chi connectivity index (χ0n) is 15.2. The Morgan fingerprint density at radius 1 is 1.04 bits per heavy atom. The van der Waals surface area contributed by atoms with Crippen molar-refractivity contribution in [1.82, 2.24) is 0 Å². The van der Waals surface area contributed by atoms with Crippen molar-refractivity contribution in [3.63, 3.8) is 0 Å². The molecule has 0 heterocycles. The lowest BCUT2D eigenvalue weighted by Gasteiger charge is -2.21. The molecule has 0 saturated carbocycles. The summed E-state index contributed by atoms with van der Waals surface area (Å²) in [5.74, 6) is -0.305. The Hall–Kier alpha value is -2.24. The highest BCUT2D eigenvalue weighted by atomic mass is 16.6. The van der Waals surface area contributed by atoms with E-state index in [0.29, 0.717) is 17.7 Å². The van der Waals surface area contributed by atoms with Crippen molar-refractivity contribution in [2.75, 3.05) is 5.32 Å². The number of ether oxygens (including phenoxy) is 2. The number of rotatable bonds is 4. The maximum atomic E-state index is 11.9. The fourth-order valence-corrected chi connectivity index (χ4v) is 1.94. The number of nitrogens with one attached hydrogen (secondary N) is 1. The van der Waals surface area contributed by atoms with Crippen molar-refractivity contribution in [2.45, 2.75) is 65.6 Å². The van der Waals surface area contributed by atoms with E-state index in [2.05, 4.69) is 5.32 Å². The van der Waals surface area contributed by atoms with E-state index in [1.165, 1.54) is 12.1 Å². The van der Waals surface area contributed by atoms with Gasteiger partial charge >= 0.3 is 12.1 Å². The number of aromatic hydroxyl groups is 1. The minimum Gasteiger partial charge on any atom is -0.508 e. The molecule has 0 unspecified atom stereocenters. The summed E-state index contributed by atoms with van der Waals surface area (Å²) in [6.45, 7) is 10.7. The maximum Gasteiger partial charge on any atom is 0.412 e. The second-order valence-electron chi connectivity index (χ2n) is 7.55. The van der Waals surface area contributed by atoms with E-state index >= 15 is 0 Å². The SMILES string of the molecule is CC(C)(C)OC(=O)CCc1ccc(O)cc1NC(=O)OC(C)(C)C. The summed E-state index contributed by atoms with van der Waals surface area (Å²) in [4.78, 5) is 23.7. The number of hydrogen-bond donors (Lipinski definition) is 2. The van der Waals surface area contributed by atoms with Gasteiger partial charge in [0, 0.05) is 12.5 Å². The van der Waals surface area contributed by atoms with E-state index in [0.717, 1.165) is 0 Å². The normalized spacial score (nSPS) is 11.8. The second kappa shape index (κ2) is 7.55. The number of hydrogen-bond acceptors (Lipinski definition) is 5. The van der Waals surface area contributed by atoms with Crippen LogP contribution >= 0.6 is 0 Å². The van der Waals surface area contributed by atoms with Gasteiger partial charge in [0.25, 0.3) is 0 Å². The van der Waals surface area contributed by atoms with Crippen molar-refractivity contribution < 1.29 is 24.2 Å². The van der Waals surface area contributed by atoms with Crippen molar-refractivity contribution in [2.24, 2.45) is 0 Å². The van der Waals surface area contributed by atoms with Gasteiger partial charge in [0.1, 0.15) is 17.0 Å². The maximum absolute atomic E-state index is 11.9. The van der Waals surface area contributed by atoms with Gasteiger partial charge in [0.05, 0.1) is 5.69 Å². The zero-order valence-corrected chi connectivity index (χ0v) is 15.2. The number of esters is 1. The quantitative estimate of drug-likeness (QED) is 0.811. The number of aryl methyl sites for hydroxylation is 1. The van der Waals surface area contributed by atoms with Crippen LogP contribution in [0.5, 0.6) is 5.75 Å². The first-order valence-corrected chi connectivity index (χ1v) is 7.89. The van der Waals surface area contributed by atoms with Gasteiger partial charge < -0.3 is 14.6 Å². The van der Waals surface area contributed by atoms with Gasteiger partial charge in [-0.05, 0) is 59.6 Å². The third-order valence-corrected chi connectivity index (χ3v) is 2.75. The molecule has 6 heteroatoms. The molecular formula is C18H27NO5. The fraction of sp³-hybridized carbons (Fsp3) is 0.556. The highest BCUT2D eigenvalue weighted by molar-refractivity contribution is 5.86. The van der Waals surface area contributed by atoms with Crippen LogP contribution in [0.4, 0.5) is 10.5 Å². The Morgan fingerprint density at radius 2 is 1.62 bits per heavy atom. The lowest BCUT2D eigenvalue weighted by Crippen LogP contribution is -2.27. The highest BCUT2D eigenvalue weighted by Crippen LogP contribution is 2.24. The van der Waals surface area contributed by atoms with Gasteiger partial charge in [0.15, 0.2) is 0 Å². The molecule has 0 radical (unpaired) electrons. The second-order valence-corrected chi connectivity index (χ2v) is 7.55. The molecular weight excluding hydrogens is 310 g/mol. The molecule has 24 heavy (non-hydrogen) atoms. The third-order valence-electron chi connectivity index (χ3n) is 2.75. The number of carbonyl (C=O) groups is 2. The summed E-state index contributed by atoms with van der Waals surface area (Å²) in [6.07, 6.45) is -0.0719. The van der Waals surface area contributed by atoms with E-state index in [4.69, 9.17) is 9.47 Å². The Bertz CT molecular complexity index is 596. The molecule has 1 rings (SSSR count). The highest BCUT2D eigenvalue weighted by Gasteiger charge is 2.19. The number of carbonyl (C=O) groups excluding carboxylic acids is 2. The Kier molecular flexibility index (Phi) is 6.23. The monoisotopic (exact) mass is 337 g/mol. The Labute approximate surface area is 143 Å². The van der Waals surface area contributed by atoms with Crippen molar-refractivity contribution >= 4 is 17.7 Å². The first-order valence-electron chi connectivity index (χ1n) is 7.89. The van der Waals surface area contributed by atoms with E-state index in [-0.39, 0.29) is 18.1 Å². The summed E-state index contributed by atoms with van der Waals surface area (Å²) in [5.41, 5.74) is -0.0429. The molecule has 1 amide bonds. The first kappa shape index (κ1) is 19.8. The molecule has 0 spiro atoms. The molecule has 0 aliphatic carbocycles. The van der Waals surface area contributed by atoms with Crippen LogP contribution in [0.1, 0.15) is 53.5 Å².